The molecule has 0 aliphatic rings. The molecule has 2 N–H and O–H groups in total. The van der Waals surface area contributed by atoms with Crippen molar-refractivity contribution in [1.29, 1.82) is 0 Å². The van der Waals surface area contributed by atoms with E-state index in [0.29, 0.717) is 0 Å². The summed E-state index contributed by atoms with van der Waals surface area (Å²) in [5.74, 6) is -2.53. The van der Waals surface area contributed by atoms with Crippen molar-refractivity contribution in [2.45, 2.75) is 6.54 Å². The molecule has 1 amide bonds. The number of rotatable bonds is 4. The van der Waals surface area contributed by atoms with E-state index in [2.05, 4.69) is 10.3 Å². The minimum absolute atomic E-state index is 0.0566. The summed E-state index contributed by atoms with van der Waals surface area (Å²) in [6, 6.07) is 3.63. The second kappa shape index (κ2) is 5.70. The number of amides is 1. The molecule has 6 nitrogen and oxygen atoms in total. The van der Waals surface area contributed by atoms with Crippen LogP contribution in [0.15, 0.2) is 28.8 Å². The monoisotopic (exact) mass is 298 g/mol. The van der Waals surface area contributed by atoms with E-state index in [1.54, 1.807) is 0 Å². The van der Waals surface area contributed by atoms with Crippen LogP contribution in [0.5, 0.6) is 0 Å². The van der Waals surface area contributed by atoms with Gasteiger partial charge in [-0.3, -0.25) is 4.79 Å². The Balaban J connectivity index is 2.04. The number of aromatic carboxylic acids is 1. The molecule has 0 atom stereocenters. The van der Waals surface area contributed by atoms with Gasteiger partial charge in [0.05, 0.1) is 18.3 Å². The fraction of sp³-hybridized carbons (Fsp3) is 0.0833. The first-order valence-electron chi connectivity index (χ1n) is 5.38. The Morgan fingerprint density at radius 1 is 1.45 bits per heavy atom. The molecule has 0 aromatic carbocycles. The molecule has 2 aromatic rings. The number of furan rings is 1. The highest BCUT2D eigenvalue weighted by atomic mass is 35.5. The molecule has 2 heterocycles. The molecule has 0 saturated heterocycles. The lowest BCUT2D eigenvalue weighted by molar-refractivity contribution is 0.0660. The average Bonchev–Trinajstić information content (AvgIpc) is 2.88. The number of carbonyl (C=O) groups excluding carboxylic acids is 1. The zero-order chi connectivity index (χ0) is 14.7. The van der Waals surface area contributed by atoms with Gasteiger partial charge >= 0.3 is 5.97 Å². The Kier molecular flexibility index (Phi) is 3.99. The maximum absolute atomic E-state index is 13.0. The van der Waals surface area contributed by atoms with Crippen molar-refractivity contribution < 1.29 is 23.5 Å². The topological polar surface area (TPSA) is 92.4 Å². The lowest BCUT2D eigenvalue weighted by Crippen LogP contribution is -2.23. The molecule has 8 heteroatoms. The number of nitrogens with zero attached hydrogens (tertiary/aromatic N) is 1. The normalized spacial score (nSPS) is 10.3. The van der Waals surface area contributed by atoms with E-state index in [1.165, 1.54) is 12.1 Å². The van der Waals surface area contributed by atoms with Crippen LogP contribution in [0.25, 0.3) is 0 Å². The van der Waals surface area contributed by atoms with E-state index in [-0.39, 0.29) is 28.8 Å². The van der Waals surface area contributed by atoms with Gasteiger partial charge < -0.3 is 14.8 Å². The zero-order valence-corrected chi connectivity index (χ0v) is 10.6. The van der Waals surface area contributed by atoms with Gasteiger partial charge in [-0.15, -0.1) is 0 Å². The highest BCUT2D eigenvalue weighted by molar-refractivity contribution is 6.32. The number of carboxylic acid groups (broad SMARTS) is 1. The van der Waals surface area contributed by atoms with Gasteiger partial charge in [0.1, 0.15) is 16.7 Å². The van der Waals surface area contributed by atoms with E-state index in [4.69, 9.17) is 21.1 Å². The number of aromatic nitrogens is 1. The van der Waals surface area contributed by atoms with Crippen molar-refractivity contribution in [3.63, 3.8) is 0 Å². The number of hydrogen-bond acceptors (Lipinski definition) is 4. The van der Waals surface area contributed by atoms with Crippen molar-refractivity contribution in [1.82, 2.24) is 10.3 Å². The highest BCUT2D eigenvalue weighted by Crippen LogP contribution is 2.14. The van der Waals surface area contributed by atoms with Gasteiger partial charge in [0.25, 0.3) is 5.91 Å². The molecule has 20 heavy (non-hydrogen) atoms. The largest absolute Gasteiger partial charge is 0.475 e. The Labute approximate surface area is 117 Å². The molecule has 0 unspecified atom stereocenters. The van der Waals surface area contributed by atoms with Crippen molar-refractivity contribution in [2.24, 2.45) is 0 Å². The van der Waals surface area contributed by atoms with Crippen LogP contribution in [-0.4, -0.2) is 22.0 Å². The summed E-state index contributed by atoms with van der Waals surface area (Å²) in [6.45, 7) is -0.0566. The number of hydrogen-bond donors (Lipinski definition) is 2. The molecule has 0 saturated carbocycles. The van der Waals surface area contributed by atoms with Gasteiger partial charge in [0.15, 0.2) is 0 Å². The fourth-order valence-corrected chi connectivity index (χ4v) is 1.62. The lowest BCUT2D eigenvalue weighted by Gasteiger charge is -2.04. The summed E-state index contributed by atoms with van der Waals surface area (Å²) in [7, 11) is 0. The van der Waals surface area contributed by atoms with Gasteiger partial charge in [-0.2, -0.15) is 0 Å². The zero-order valence-electron chi connectivity index (χ0n) is 9.89. The summed E-state index contributed by atoms with van der Waals surface area (Å²) in [5, 5.41) is 11.0. The smallest absolute Gasteiger partial charge is 0.371 e. The van der Waals surface area contributed by atoms with Gasteiger partial charge in [-0.25, -0.2) is 14.2 Å². The minimum Gasteiger partial charge on any atom is -0.475 e. The SMILES string of the molecule is O=C(O)c1ccc(CNC(=O)c2cc(F)cnc2Cl)o1. The third kappa shape index (κ3) is 3.12. The lowest BCUT2D eigenvalue weighted by atomic mass is 10.2. The molecule has 2 aromatic heterocycles. The average molecular weight is 299 g/mol. The van der Waals surface area contributed by atoms with Crippen LogP contribution in [0.4, 0.5) is 4.39 Å². The number of nitrogens with one attached hydrogen (secondary N) is 1. The molecule has 104 valence electrons. The van der Waals surface area contributed by atoms with Crippen LogP contribution in [0, 0.1) is 5.82 Å². The number of carboxylic acids is 1. The molecular weight excluding hydrogens is 291 g/mol. The van der Waals surface area contributed by atoms with E-state index in [0.717, 1.165) is 12.3 Å². The van der Waals surface area contributed by atoms with Crippen molar-refractivity contribution in [3.8, 4) is 0 Å². The molecule has 2 rings (SSSR count). The van der Waals surface area contributed by atoms with Crippen molar-refractivity contribution in [2.75, 3.05) is 0 Å². The molecule has 0 radical (unpaired) electrons. The van der Waals surface area contributed by atoms with Gasteiger partial charge in [0, 0.05) is 0 Å². The Hall–Kier alpha value is -2.41. The quantitative estimate of drug-likeness (QED) is 0.843. The summed E-state index contributed by atoms with van der Waals surface area (Å²) >= 11 is 5.68. The first-order chi connectivity index (χ1) is 9.47. The first-order valence-corrected chi connectivity index (χ1v) is 5.76. The second-order valence-corrected chi connectivity index (χ2v) is 4.10. The number of carbonyl (C=O) groups is 2. The Morgan fingerprint density at radius 2 is 2.20 bits per heavy atom. The van der Waals surface area contributed by atoms with Crippen LogP contribution in [0.2, 0.25) is 5.15 Å². The van der Waals surface area contributed by atoms with E-state index in [9.17, 15) is 14.0 Å². The first kappa shape index (κ1) is 14.0. The van der Waals surface area contributed by atoms with Gasteiger partial charge in [-0.05, 0) is 18.2 Å². The maximum Gasteiger partial charge on any atom is 0.371 e. The Bertz CT molecular complexity index is 671. The fourth-order valence-electron chi connectivity index (χ4n) is 1.43. The van der Waals surface area contributed by atoms with Crippen LogP contribution in [-0.2, 0) is 6.54 Å². The van der Waals surface area contributed by atoms with Crippen LogP contribution in [0.3, 0.4) is 0 Å². The third-order valence-electron chi connectivity index (χ3n) is 2.35. The van der Waals surface area contributed by atoms with E-state index in [1.807, 2.05) is 0 Å². The van der Waals surface area contributed by atoms with Crippen LogP contribution in [0.1, 0.15) is 26.7 Å². The molecule has 0 bridgehead atoms. The summed E-state index contributed by atoms with van der Waals surface area (Å²) in [4.78, 5) is 25.9. The minimum atomic E-state index is -1.21. The molecule has 0 aliphatic carbocycles. The molecule has 0 aliphatic heterocycles. The molecule has 0 spiro atoms. The van der Waals surface area contributed by atoms with E-state index >= 15 is 0 Å². The van der Waals surface area contributed by atoms with E-state index < -0.39 is 17.7 Å². The standard InChI is InChI=1S/C12H8ClFN2O4/c13-10-8(3-6(14)4-15-10)11(17)16-5-7-1-2-9(20-7)12(18)19/h1-4H,5H2,(H,16,17)(H,18,19). The maximum atomic E-state index is 13.0. The number of halogens is 2. The highest BCUT2D eigenvalue weighted by Gasteiger charge is 2.14. The second-order valence-electron chi connectivity index (χ2n) is 3.75. The van der Waals surface area contributed by atoms with Crippen molar-refractivity contribution >= 4 is 23.5 Å². The predicted octanol–water partition coefficient (Wildman–Crippen LogP) is 2.10. The summed E-state index contributed by atoms with van der Waals surface area (Å²) in [6.07, 6.45) is 0.894. The number of pyridine rings is 1. The molecule has 0 fully saturated rings. The van der Waals surface area contributed by atoms with Gasteiger partial charge in [0.2, 0.25) is 5.76 Å². The predicted molar refractivity (Wildman–Crippen MR) is 66.0 cm³/mol. The van der Waals surface area contributed by atoms with Gasteiger partial charge in [-0.1, -0.05) is 11.6 Å². The summed E-state index contributed by atoms with van der Waals surface area (Å²) < 4.78 is 17.9. The van der Waals surface area contributed by atoms with Crippen LogP contribution < -0.4 is 5.32 Å². The van der Waals surface area contributed by atoms with Crippen molar-refractivity contribution in [3.05, 3.63) is 52.5 Å². The summed E-state index contributed by atoms with van der Waals surface area (Å²) in [5.41, 5.74) is -0.114. The third-order valence-corrected chi connectivity index (χ3v) is 2.65. The Morgan fingerprint density at radius 3 is 2.85 bits per heavy atom. The van der Waals surface area contributed by atoms with Crippen LogP contribution >= 0.6 is 11.6 Å². The molecular formula is C12H8ClFN2O4.